The van der Waals surface area contributed by atoms with Crippen molar-refractivity contribution in [2.24, 2.45) is 5.73 Å². The summed E-state index contributed by atoms with van der Waals surface area (Å²) in [7, 11) is 0. The monoisotopic (exact) mass is 230 g/mol. The van der Waals surface area contributed by atoms with Crippen molar-refractivity contribution >= 4 is 0 Å². The first-order valence-electron chi connectivity index (χ1n) is 6.78. The number of nitrogens with zero attached hydrogens (tertiary/aromatic N) is 1. The van der Waals surface area contributed by atoms with E-state index in [0.29, 0.717) is 12.0 Å². The summed E-state index contributed by atoms with van der Waals surface area (Å²) in [5.41, 5.74) is 9.02. The van der Waals surface area contributed by atoms with Crippen LogP contribution in [0.25, 0.3) is 0 Å². The lowest BCUT2D eigenvalue weighted by atomic mass is 9.88. The van der Waals surface area contributed by atoms with E-state index in [4.69, 9.17) is 5.73 Å². The molecule has 2 N–H and O–H groups in total. The third-order valence-corrected chi connectivity index (χ3v) is 4.12. The molecule has 2 nitrogen and oxygen atoms in total. The molecule has 0 amide bonds. The van der Waals surface area contributed by atoms with Gasteiger partial charge < -0.3 is 5.73 Å². The number of benzene rings is 1. The second-order valence-corrected chi connectivity index (χ2v) is 5.79. The molecular formula is C15H22N2. The average Bonchev–Trinajstić information content (AvgIpc) is 3.13. The summed E-state index contributed by atoms with van der Waals surface area (Å²) in [6.45, 7) is 4.46. The smallest absolute Gasteiger partial charge is 0.0174 e. The van der Waals surface area contributed by atoms with Crippen LogP contribution >= 0.6 is 0 Å². The van der Waals surface area contributed by atoms with Crippen molar-refractivity contribution in [1.29, 1.82) is 0 Å². The molecule has 1 aromatic rings. The van der Waals surface area contributed by atoms with Crippen LogP contribution in [0.15, 0.2) is 24.3 Å². The first kappa shape index (κ1) is 11.2. The highest BCUT2D eigenvalue weighted by Gasteiger charge is 2.35. The number of likely N-dealkylation sites (tertiary alicyclic amines) is 1. The van der Waals surface area contributed by atoms with Crippen LogP contribution in [0.2, 0.25) is 0 Å². The Morgan fingerprint density at radius 1 is 1.12 bits per heavy atom. The van der Waals surface area contributed by atoms with E-state index in [9.17, 15) is 0 Å². The van der Waals surface area contributed by atoms with Gasteiger partial charge in [-0.25, -0.2) is 0 Å². The molecule has 2 fully saturated rings. The maximum atomic E-state index is 6.21. The Labute approximate surface area is 104 Å². The van der Waals surface area contributed by atoms with E-state index < -0.39 is 0 Å². The van der Waals surface area contributed by atoms with E-state index in [1.165, 1.54) is 30.5 Å². The van der Waals surface area contributed by atoms with Crippen molar-refractivity contribution in [1.82, 2.24) is 4.90 Å². The number of hydrogen-bond donors (Lipinski definition) is 1. The number of rotatable bonds is 2. The maximum absolute atomic E-state index is 6.21. The molecule has 1 saturated carbocycles. The first-order valence-corrected chi connectivity index (χ1v) is 6.78. The Kier molecular flexibility index (Phi) is 2.93. The summed E-state index contributed by atoms with van der Waals surface area (Å²) < 4.78 is 0. The fourth-order valence-electron chi connectivity index (χ4n) is 2.99. The lowest BCUT2D eigenvalue weighted by Gasteiger charge is -2.36. The normalized spacial score (nSPS) is 30.5. The zero-order valence-electron chi connectivity index (χ0n) is 10.6. The minimum Gasteiger partial charge on any atom is -0.327 e. The number of hydrogen-bond acceptors (Lipinski definition) is 2. The molecule has 1 aromatic carbocycles. The molecule has 1 heterocycles. The maximum Gasteiger partial charge on any atom is 0.0174 e. The summed E-state index contributed by atoms with van der Waals surface area (Å²) in [5, 5.41) is 0. The third kappa shape index (κ3) is 2.53. The minimum absolute atomic E-state index is 0.357. The fourth-order valence-corrected chi connectivity index (χ4v) is 2.99. The molecule has 92 valence electrons. The van der Waals surface area contributed by atoms with Crippen molar-refractivity contribution in [3.63, 3.8) is 0 Å². The molecule has 2 atom stereocenters. The van der Waals surface area contributed by atoms with Crippen molar-refractivity contribution in [3.05, 3.63) is 35.4 Å². The van der Waals surface area contributed by atoms with E-state index in [-0.39, 0.29) is 0 Å². The predicted molar refractivity (Wildman–Crippen MR) is 71.1 cm³/mol. The molecule has 1 aliphatic heterocycles. The minimum atomic E-state index is 0.357. The molecule has 0 radical (unpaired) electrons. The van der Waals surface area contributed by atoms with E-state index in [0.717, 1.165) is 19.0 Å². The second-order valence-electron chi connectivity index (χ2n) is 5.79. The topological polar surface area (TPSA) is 29.3 Å². The van der Waals surface area contributed by atoms with Crippen molar-refractivity contribution in [2.45, 2.75) is 44.2 Å². The number of aryl methyl sites for hydroxylation is 1. The van der Waals surface area contributed by atoms with Gasteiger partial charge in [0, 0.05) is 25.2 Å². The molecule has 3 rings (SSSR count). The van der Waals surface area contributed by atoms with Gasteiger partial charge in [0.2, 0.25) is 0 Å². The summed E-state index contributed by atoms with van der Waals surface area (Å²) in [6.07, 6.45) is 3.91. The van der Waals surface area contributed by atoms with Gasteiger partial charge in [-0.15, -0.1) is 0 Å². The van der Waals surface area contributed by atoms with E-state index in [2.05, 4.69) is 36.1 Å². The van der Waals surface area contributed by atoms with Crippen LogP contribution in [-0.4, -0.2) is 30.1 Å². The van der Waals surface area contributed by atoms with Crippen LogP contribution in [-0.2, 0) is 0 Å². The van der Waals surface area contributed by atoms with Gasteiger partial charge in [0.15, 0.2) is 0 Å². The molecular weight excluding hydrogens is 208 g/mol. The Hall–Kier alpha value is -0.860. The summed E-state index contributed by atoms with van der Waals surface area (Å²) in [6, 6.07) is 10.2. The highest BCUT2D eigenvalue weighted by molar-refractivity contribution is 5.25. The predicted octanol–water partition coefficient (Wildman–Crippen LogP) is 2.27. The first-order chi connectivity index (χ1) is 8.22. The lowest BCUT2D eigenvalue weighted by Crippen LogP contribution is -2.47. The fraction of sp³-hybridized carbons (Fsp3) is 0.600. The molecule has 17 heavy (non-hydrogen) atoms. The van der Waals surface area contributed by atoms with Gasteiger partial charge in [-0.05, 0) is 37.7 Å². The van der Waals surface area contributed by atoms with Gasteiger partial charge in [-0.2, -0.15) is 0 Å². The molecule has 0 aromatic heterocycles. The molecule has 0 spiro atoms. The quantitative estimate of drug-likeness (QED) is 0.844. The standard InChI is InChI=1S/C15H22N2/c1-11-2-4-12(5-3-11)13-8-14(16)10-17(9-13)15-6-7-15/h2-5,13-15H,6-10,16H2,1H3. The van der Waals surface area contributed by atoms with Gasteiger partial charge in [0.1, 0.15) is 0 Å². The third-order valence-electron chi connectivity index (χ3n) is 4.12. The summed E-state index contributed by atoms with van der Waals surface area (Å²) in [4.78, 5) is 2.61. The Balaban J connectivity index is 1.75. The summed E-state index contributed by atoms with van der Waals surface area (Å²) >= 11 is 0. The van der Waals surface area contributed by atoms with Crippen LogP contribution in [0, 0.1) is 6.92 Å². The molecule has 2 heteroatoms. The van der Waals surface area contributed by atoms with Crippen molar-refractivity contribution in [2.75, 3.05) is 13.1 Å². The van der Waals surface area contributed by atoms with Crippen LogP contribution < -0.4 is 5.73 Å². The molecule has 1 saturated heterocycles. The Morgan fingerprint density at radius 3 is 2.47 bits per heavy atom. The molecule has 0 bridgehead atoms. The average molecular weight is 230 g/mol. The largest absolute Gasteiger partial charge is 0.327 e. The zero-order chi connectivity index (χ0) is 11.8. The highest BCUT2D eigenvalue weighted by atomic mass is 15.2. The second kappa shape index (κ2) is 4.43. The van der Waals surface area contributed by atoms with Gasteiger partial charge in [0.05, 0.1) is 0 Å². The Bertz CT molecular complexity index is 380. The van der Waals surface area contributed by atoms with Crippen LogP contribution in [0.5, 0.6) is 0 Å². The van der Waals surface area contributed by atoms with E-state index >= 15 is 0 Å². The van der Waals surface area contributed by atoms with Gasteiger partial charge in [-0.3, -0.25) is 4.90 Å². The Morgan fingerprint density at radius 2 is 1.82 bits per heavy atom. The summed E-state index contributed by atoms with van der Waals surface area (Å²) in [5.74, 6) is 0.639. The molecule has 1 aliphatic carbocycles. The van der Waals surface area contributed by atoms with Crippen molar-refractivity contribution in [3.8, 4) is 0 Å². The highest BCUT2D eigenvalue weighted by Crippen LogP contribution is 2.34. The molecule has 2 unspecified atom stereocenters. The van der Waals surface area contributed by atoms with Crippen LogP contribution in [0.4, 0.5) is 0 Å². The SMILES string of the molecule is Cc1ccc(C2CC(N)CN(C3CC3)C2)cc1. The van der Waals surface area contributed by atoms with Crippen LogP contribution in [0.1, 0.15) is 36.3 Å². The number of nitrogens with two attached hydrogens (primary N) is 1. The van der Waals surface area contributed by atoms with Gasteiger partial charge in [-0.1, -0.05) is 29.8 Å². The van der Waals surface area contributed by atoms with Crippen molar-refractivity contribution < 1.29 is 0 Å². The zero-order valence-corrected chi connectivity index (χ0v) is 10.6. The molecule has 2 aliphatic rings. The number of piperidine rings is 1. The lowest BCUT2D eigenvalue weighted by molar-refractivity contribution is 0.180. The van der Waals surface area contributed by atoms with Crippen LogP contribution in [0.3, 0.4) is 0 Å². The van der Waals surface area contributed by atoms with Gasteiger partial charge >= 0.3 is 0 Å². The van der Waals surface area contributed by atoms with E-state index in [1.807, 2.05) is 0 Å². The van der Waals surface area contributed by atoms with E-state index in [1.54, 1.807) is 0 Å². The van der Waals surface area contributed by atoms with Gasteiger partial charge in [0.25, 0.3) is 0 Å².